The molecule has 2 unspecified atom stereocenters. The van der Waals surface area contributed by atoms with E-state index in [0.29, 0.717) is 19.8 Å². The molecule has 1 saturated heterocycles. The van der Waals surface area contributed by atoms with Crippen LogP contribution in [0.15, 0.2) is 24.3 Å². The second kappa shape index (κ2) is 6.55. The third kappa shape index (κ3) is 3.11. The minimum absolute atomic E-state index is 0.0753. The Hall–Kier alpha value is -1.50. The van der Waals surface area contributed by atoms with Crippen LogP contribution in [0.1, 0.15) is 24.3 Å². The highest BCUT2D eigenvalue weighted by Gasteiger charge is 2.38. The van der Waals surface area contributed by atoms with E-state index < -0.39 is 0 Å². The van der Waals surface area contributed by atoms with E-state index >= 15 is 0 Å². The van der Waals surface area contributed by atoms with Crippen LogP contribution in [-0.2, 0) is 20.9 Å². The molecule has 1 aromatic carbocycles. The molecule has 0 N–H and O–H groups in total. The summed E-state index contributed by atoms with van der Waals surface area (Å²) in [6.07, 6.45) is 3.50. The average Bonchev–Trinajstić information content (AvgIpc) is 3.20. The quantitative estimate of drug-likeness (QED) is 0.863. The first kappa shape index (κ1) is 15.1. The van der Waals surface area contributed by atoms with Gasteiger partial charge in [0.2, 0.25) is 5.91 Å². The summed E-state index contributed by atoms with van der Waals surface area (Å²) >= 11 is 1.62. The summed E-state index contributed by atoms with van der Waals surface area (Å²) < 4.78 is 12.5. The maximum absolute atomic E-state index is 12.4. The molecule has 1 aliphatic heterocycles. The number of hydrogen-bond acceptors (Lipinski definition) is 5. The first-order chi connectivity index (χ1) is 11.3. The number of morpholine rings is 1. The SMILES string of the molecule is O=C(COCc1nc2ccccc2s1)N1CCOC2CCCC21. The first-order valence-corrected chi connectivity index (χ1v) is 8.96. The van der Waals surface area contributed by atoms with E-state index in [0.717, 1.165) is 34.5 Å². The van der Waals surface area contributed by atoms with Crippen LogP contribution in [0, 0.1) is 0 Å². The van der Waals surface area contributed by atoms with Crippen LogP contribution < -0.4 is 0 Å². The Morgan fingerprint density at radius 3 is 3.22 bits per heavy atom. The van der Waals surface area contributed by atoms with Crippen molar-refractivity contribution in [3.05, 3.63) is 29.3 Å². The van der Waals surface area contributed by atoms with E-state index in [-0.39, 0.29) is 24.7 Å². The molecule has 1 aliphatic carbocycles. The third-order valence-electron chi connectivity index (χ3n) is 4.59. The molecule has 1 aromatic heterocycles. The number of thiazole rings is 1. The molecule has 1 amide bonds. The van der Waals surface area contributed by atoms with Gasteiger partial charge in [0, 0.05) is 6.54 Å². The van der Waals surface area contributed by atoms with Gasteiger partial charge in [-0.15, -0.1) is 11.3 Å². The molecule has 2 heterocycles. The lowest BCUT2D eigenvalue weighted by atomic mass is 10.1. The van der Waals surface area contributed by atoms with Crippen molar-refractivity contribution >= 4 is 27.5 Å². The van der Waals surface area contributed by atoms with Crippen LogP contribution in [0.5, 0.6) is 0 Å². The lowest BCUT2D eigenvalue weighted by Crippen LogP contribution is -2.52. The van der Waals surface area contributed by atoms with Crippen molar-refractivity contribution in [3.8, 4) is 0 Å². The molecule has 0 bridgehead atoms. The van der Waals surface area contributed by atoms with Crippen molar-refractivity contribution in [2.24, 2.45) is 0 Å². The minimum atomic E-state index is 0.0753. The monoisotopic (exact) mass is 332 g/mol. The molecule has 5 nitrogen and oxygen atoms in total. The fourth-order valence-electron chi connectivity index (χ4n) is 3.53. The van der Waals surface area contributed by atoms with E-state index in [1.165, 1.54) is 0 Å². The zero-order valence-electron chi connectivity index (χ0n) is 12.9. The molecule has 2 aliphatic rings. The average molecular weight is 332 g/mol. The Kier molecular flexibility index (Phi) is 4.29. The van der Waals surface area contributed by atoms with E-state index in [4.69, 9.17) is 9.47 Å². The van der Waals surface area contributed by atoms with Gasteiger partial charge in [-0.25, -0.2) is 4.98 Å². The van der Waals surface area contributed by atoms with Gasteiger partial charge in [-0.3, -0.25) is 4.79 Å². The highest BCUT2D eigenvalue weighted by Crippen LogP contribution is 2.29. The molecule has 1 saturated carbocycles. The standard InChI is InChI=1S/C17H20N2O3S/c20-17(19-8-9-22-14-6-3-5-13(14)19)11-21-10-16-18-12-4-1-2-7-15(12)23-16/h1-2,4,7,13-14H,3,5-6,8-11H2. The van der Waals surface area contributed by atoms with Crippen molar-refractivity contribution < 1.29 is 14.3 Å². The number of para-hydroxylation sites is 1. The van der Waals surface area contributed by atoms with E-state index in [9.17, 15) is 4.79 Å². The van der Waals surface area contributed by atoms with Gasteiger partial charge in [0.05, 0.1) is 35.6 Å². The number of hydrogen-bond donors (Lipinski definition) is 0. The molecule has 23 heavy (non-hydrogen) atoms. The van der Waals surface area contributed by atoms with Gasteiger partial charge < -0.3 is 14.4 Å². The number of carbonyl (C=O) groups excluding carboxylic acids is 1. The Balaban J connectivity index is 1.32. The topological polar surface area (TPSA) is 51.7 Å². The van der Waals surface area contributed by atoms with Gasteiger partial charge in [0.25, 0.3) is 0 Å². The van der Waals surface area contributed by atoms with Crippen molar-refractivity contribution in [1.29, 1.82) is 0 Å². The maximum atomic E-state index is 12.4. The Labute approximate surface area is 139 Å². The lowest BCUT2D eigenvalue weighted by molar-refractivity contribution is -0.149. The second-order valence-electron chi connectivity index (χ2n) is 6.06. The largest absolute Gasteiger partial charge is 0.374 e. The third-order valence-corrected chi connectivity index (χ3v) is 5.60. The zero-order chi connectivity index (χ0) is 15.6. The van der Waals surface area contributed by atoms with Gasteiger partial charge >= 0.3 is 0 Å². The number of rotatable bonds is 4. The smallest absolute Gasteiger partial charge is 0.249 e. The molecular weight excluding hydrogens is 312 g/mol. The van der Waals surface area contributed by atoms with Crippen LogP contribution in [0.3, 0.4) is 0 Å². The van der Waals surface area contributed by atoms with Gasteiger partial charge in [-0.05, 0) is 31.4 Å². The molecular formula is C17H20N2O3S. The molecule has 2 atom stereocenters. The van der Waals surface area contributed by atoms with Crippen LogP contribution >= 0.6 is 11.3 Å². The van der Waals surface area contributed by atoms with Crippen molar-refractivity contribution in [2.75, 3.05) is 19.8 Å². The summed E-state index contributed by atoms with van der Waals surface area (Å²) in [4.78, 5) is 18.9. The summed E-state index contributed by atoms with van der Waals surface area (Å²) in [5.41, 5.74) is 0.990. The molecule has 122 valence electrons. The molecule has 2 fully saturated rings. The fraction of sp³-hybridized carbons (Fsp3) is 0.529. The Morgan fingerprint density at radius 2 is 2.30 bits per heavy atom. The van der Waals surface area contributed by atoms with Gasteiger partial charge in [-0.1, -0.05) is 12.1 Å². The van der Waals surface area contributed by atoms with Crippen molar-refractivity contribution in [3.63, 3.8) is 0 Å². The summed E-state index contributed by atoms with van der Waals surface area (Å²) in [5.74, 6) is 0.0753. The highest BCUT2D eigenvalue weighted by molar-refractivity contribution is 7.18. The Morgan fingerprint density at radius 1 is 1.39 bits per heavy atom. The summed E-state index contributed by atoms with van der Waals surface area (Å²) in [6.45, 7) is 1.85. The van der Waals surface area contributed by atoms with E-state index in [1.807, 2.05) is 23.1 Å². The molecule has 6 heteroatoms. The molecule has 4 rings (SSSR count). The number of carbonyl (C=O) groups is 1. The number of nitrogens with zero attached hydrogens (tertiary/aromatic N) is 2. The number of ether oxygens (including phenoxy) is 2. The van der Waals surface area contributed by atoms with Crippen LogP contribution in [0.2, 0.25) is 0 Å². The van der Waals surface area contributed by atoms with Gasteiger partial charge in [0.1, 0.15) is 11.6 Å². The number of benzene rings is 1. The second-order valence-corrected chi connectivity index (χ2v) is 7.18. The minimum Gasteiger partial charge on any atom is -0.374 e. The molecule has 0 radical (unpaired) electrons. The van der Waals surface area contributed by atoms with E-state index in [1.54, 1.807) is 11.3 Å². The Bertz CT molecular complexity index is 669. The van der Waals surface area contributed by atoms with Crippen LogP contribution in [0.25, 0.3) is 10.2 Å². The maximum Gasteiger partial charge on any atom is 0.249 e. The number of aromatic nitrogens is 1. The first-order valence-electron chi connectivity index (χ1n) is 8.14. The van der Waals surface area contributed by atoms with Crippen molar-refractivity contribution in [2.45, 2.75) is 38.0 Å². The van der Waals surface area contributed by atoms with Gasteiger partial charge in [0.15, 0.2) is 0 Å². The predicted molar refractivity (Wildman–Crippen MR) is 88.4 cm³/mol. The van der Waals surface area contributed by atoms with Crippen molar-refractivity contribution in [1.82, 2.24) is 9.88 Å². The van der Waals surface area contributed by atoms with Crippen LogP contribution in [0.4, 0.5) is 0 Å². The van der Waals surface area contributed by atoms with E-state index in [2.05, 4.69) is 11.1 Å². The molecule has 0 spiro atoms. The lowest BCUT2D eigenvalue weighted by Gasteiger charge is -2.37. The fourth-order valence-corrected chi connectivity index (χ4v) is 4.43. The summed E-state index contributed by atoms with van der Waals surface area (Å²) in [5, 5.41) is 0.916. The highest BCUT2D eigenvalue weighted by atomic mass is 32.1. The zero-order valence-corrected chi connectivity index (χ0v) is 13.8. The normalized spacial score (nSPS) is 24.1. The summed E-state index contributed by atoms with van der Waals surface area (Å²) in [7, 11) is 0. The predicted octanol–water partition coefficient (Wildman–Crippen LogP) is 2.59. The summed E-state index contributed by atoms with van der Waals surface area (Å²) in [6, 6.07) is 8.28. The van der Waals surface area contributed by atoms with Gasteiger partial charge in [-0.2, -0.15) is 0 Å². The molecule has 2 aromatic rings. The van der Waals surface area contributed by atoms with Crippen LogP contribution in [-0.4, -0.2) is 47.7 Å². The number of fused-ring (bicyclic) bond motifs is 2. The number of amides is 1.